The summed E-state index contributed by atoms with van der Waals surface area (Å²) in [5.74, 6) is 0.860. The van der Waals surface area contributed by atoms with Crippen molar-refractivity contribution in [3.05, 3.63) is 65.5 Å². The van der Waals surface area contributed by atoms with Gasteiger partial charge in [-0.25, -0.2) is 4.39 Å². The number of ether oxygens (including phenoxy) is 3. The summed E-state index contributed by atoms with van der Waals surface area (Å²) in [7, 11) is 4.94. The highest BCUT2D eigenvalue weighted by Crippen LogP contribution is 2.44. The van der Waals surface area contributed by atoms with Gasteiger partial charge >= 0.3 is 0 Å². The van der Waals surface area contributed by atoms with Crippen molar-refractivity contribution in [2.45, 2.75) is 32.9 Å². The third kappa shape index (κ3) is 4.81. The Hall–Kier alpha value is -3.78. The summed E-state index contributed by atoms with van der Waals surface area (Å²) in [6.07, 6.45) is 0. The number of hydrogen-bond acceptors (Lipinski definition) is 6. The van der Waals surface area contributed by atoms with E-state index in [0.717, 1.165) is 33.6 Å². The number of methoxy groups -OCH3 is 2. The number of nitrogens with one attached hydrogen (secondary N) is 2. The van der Waals surface area contributed by atoms with Gasteiger partial charge in [0.2, 0.25) is 0 Å². The zero-order valence-corrected chi connectivity index (χ0v) is 21.5. The average molecular weight is 494 g/mol. The summed E-state index contributed by atoms with van der Waals surface area (Å²) < 4.78 is 30.3. The number of carbonyl (C=O) groups is 1. The van der Waals surface area contributed by atoms with E-state index in [9.17, 15) is 9.18 Å². The van der Waals surface area contributed by atoms with Gasteiger partial charge in [0, 0.05) is 43.6 Å². The summed E-state index contributed by atoms with van der Waals surface area (Å²) in [6.45, 7) is 6.12. The van der Waals surface area contributed by atoms with Gasteiger partial charge in [-0.2, -0.15) is 0 Å². The Morgan fingerprint density at radius 2 is 1.81 bits per heavy atom. The lowest BCUT2D eigenvalue weighted by molar-refractivity contribution is -0.121. The van der Waals surface area contributed by atoms with E-state index in [1.807, 2.05) is 45.0 Å². The van der Waals surface area contributed by atoms with Crippen molar-refractivity contribution in [1.82, 2.24) is 0 Å². The number of anilines is 3. The van der Waals surface area contributed by atoms with Crippen molar-refractivity contribution in [2.24, 2.45) is 0 Å². The van der Waals surface area contributed by atoms with E-state index in [4.69, 9.17) is 14.2 Å². The van der Waals surface area contributed by atoms with Gasteiger partial charge in [0.05, 0.1) is 18.5 Å². The molecule has 1 amide bonds. The number of aryl methyl sites for hydroxylation is 1. The fraction of sp³-hybridized carbons (Fsp3) is 0.321. The molecule has 0 aliphatic carbocycles. The minimum Gasteiger partial charge on any atom is -0.496 e. The largest absolute Gasteiger partial charge is 0.496 e. The van der Waals surface area contributed by atoms with Gasteiger partial charge in [-0.15, -0.1) is 0 Å². The molecular formula is C28H32FN3O4. The highest BCUT2D eigenvalue weighted by Gasteiger charge is 2.38. The molecule has 1 aliphatic rings. The first-order valence-corrected chi connectivity index (χ1v) is 11.7. The Bertz CT molecular complexity index is 1290. The van der Waals surface area contributed by atoms with E-state index >= 15 is 0 Å². The van der Waals surface area contributed by atoms with Crippen LogP contribution in [0.4, 0.5) is 21.5 Å². The molecule has 4 rings (SSSR count). The molecule has 0 radical (unpaired) electrons. The first-order valence-electron chi connectivity index (χ1n) is 11.7. The van der Waals surface area contributed by atoms with E-state index in [-0.39, 0.29) is 18.5 Å². The fourth-order valence-electron chi connectivity index (χ4n) is 4.54. The zero-order chi connectivity index (χ0) is 26.0. The van der Waals surface area contributed by atoms with Crippen LogP contribution in [-0.2, 0) is 16.1 Å². The van der Waals surface area contributed by atoms with Crippen LogP contribution in [0.5, 0.6) is 11.5 Å². The van der Waals surface area contributed by atoms with E-state index in [2.05, 4.69) is 10.6 Å². The van der Waals surface area contributed by atoms with Crippen LogP contribution in [0.2, 0.25) is 0 Å². The lowest BCUT2D eigenvalue weighted by atomic mass is 9.91. The number of halogens is 1. The molecule has 36 heavy (non-hydrogen) atoms. The molecule has 0 saturated heterocycles. The van der Waals surface area contributed by atoms with Gasteiger partial charge in [0.1, 0.15) is 22.9 Å². The maximum atomic E-state index is 14.0. The van der Waals surface area contributed by atoms with Crippen LogP contribution >= 0.6 is 0 Å². The SMILES string of the molecule is COCOc1ccc(-c2ccc3c(c2CNc2cc(F)ccc2C)N(C)C(=O)C(C)(C)N3)c(OC)c1. The predicted octanol–water partition coefficient (Wildman–Crippen LogP) is 5.57. The Balaban J connectivity index is 1.85. The molecular weight excluding hydrogens is 461 g/mol. The average Bonchev–Trinajstić information content (AvgIpc) is 2.86. The Kier molecular flexibility index (Phi) is 7.08. The van der Waals surface area contributed by atoms with Crippen LogP contribution in [0.25, 0.3) is 11.1 Å². The summed E-state index contributed by atoms with van der Waals surface area (Å²) in [6, 6.07) is 14.2. The molecule has 7 nitrogen and oxygen atoms in total. The van der Waals surface area contributed by atoms with E-state index < -0.39 is 5.54 Å². The topological polar surface area (TPSA) is 72.1 Å². The number of fused-ring (bicyclic) bond motifs is 1. The van der Waals surface area contributed by atoms with Crippen molar-refractivity contribution >= 4 is 23.0 Å². The van der Waals surface area contributed by atoms with Crippen molar-refractivity contribution in [3.8, 4) is 22.6 Å². The Labute approximate surface area is 211 Å². The second-order valence-electron chi connectivity index (χ2n) is 9.33. The van der Waals surface area contributed by atoms with Gasteiger partial charge in [-0.05, 0) is 62.2 Å². The molecule has 1 aliphatic heterocycles. The van der Waals surface area contributed by atoms with Gasteiger partial charge < -0.3 is 29.7 Å². The first kappa shape index (κ1) is 25.3. The molecule has 0 aromatic heterocycles. The minimum atomic E-state index is -0.745. The van der Waals surface area contributed by atoms with Crippen LogP contribution in [0.3, 0.4) is 0 Å². The van der Waals surface area contributed by atoms with Crippen LogP contribution in [-0.4, -0.2) is 39.5 Å². The molecule has 3 aromatic rings. The molecule has 0 fully saturated rings. The predicted molar refractivity (Wildman–Crippen MR) is 141 cm³/mol. The number of hydrogen-bond donors (Lipinski definition) is 2. The summed E-state index contributed by atoms with van der Waals surface area (Å²) in [5.41, 5.74) is 5.06. The van der Waals surface area contributed by atoms with Crippen LogP contribution in [0.15, 0.2) is 48.5 Å². The number of benzene rings is 3. The lowest BCUT2D eigenvalue weighted by Crippen LogP contribution is -2.52. The number of rotatable bonds is 8. The van der Waals surface area contributed by atoms with Crippen molar-refractivity contribution < 1.29 is 23.4 Å². The van der Waals surface area contributed by atoms with Gasteiger partial charge in [0.25, 0.3) is 5.91 Å². The molecule has 0 spiro atoms. The summed E-state index contributed by atoms with van der Waals surface area (Å²) in [4.78, 5) is 14.9. The Morgan fingerprint density at radius 1 is 1.06 bits per heavy atom. The molecule has 8 heteroatoms. The van der Waals surface area contributed by atoms with E-state index in [1.54, 1.807) is 38.3 Å². The number of amides is 1. The van der Waals surface area contributed by atoms with E-state index in [0.29, 0.717) is 23.7 Å². The van der Waals surface area contributed by atoms with Crippen molar-refractivity contribution in [3.63, 3.8) is 0 Å². The maximum Gasteiger partial charge on any atom is 0.251 e. The highest BCUT2D eigenvalue weighted by molar-refractivity contribution is 6.09. The normalized spacial score (nSPS) is 14.2. The molecule has 190 valence electrons. The molecule has 0 saturated carbocycles. The summed E-state index contributed by atoms with van der Waals surface area (Å²) in [5, 5.41) is 6.75. The number of likely N-dealkylation sites (N-methyl/N-ethyl adjacent to an activating group) is 1. The van der Waals surface area contributed by atoms with Gasteiger partial charge in [0.15, 0.2) is 6.79 Å². The monoisotopic (exact) mass is 493 g/mol. The minimum absolute atomic E-state index is 0.0504. The van der Waals surface area contributed by atoms with Crippen molar-refractivity contribution in [1.29, 1.82) is 0 Å². The number of carbonyl (C=O) groups excluding carboxylic acids is 1. The van der Waals surface area contributed by atoms with E-state index in [1.165, 1.54) is 12.1 Å². The summed E-state index contributed by atoms with van der Waals surface area (Å²) >= 11 is 0. The van der Waals surface area contributed by atoms with Gasteiger partial charge in [-0.1, -0.05) is 12.1 Å². The second kappa shape index (κ2) is 10.1. The third-order valence-electron chi connectivity index (χ3n) is 6.37. The molecule has 0 unspecified atom stereocenters. The second-order valence-corrected chi connectivity index (χ2v) is 9.33. The lowest BCUT2D eigenvalue weighted by Gasteiger charge is -2.40. The van der Waals surface area contributed by atoms with Crippen molar-refractivity contribution in [2.75, 3.05) is 43.6 Å². The van der Waals surface area contributed by atoms with Crippen LogP contribution in [0, 0.1) is 12.7 Å². The van der Waals surface area contributed by atoms with Crippen LogP contribution in [0.1, 0.15) is 25.0 Å². The standard InChI is InChI=1S/C28H32FN3O4/c1-17-7-8-18(29)13-24(17)30-15-22-20(21-10-9-19(36-16-34-5)14-25(21)35-6)11-12-23-26(22)32(4)27(33)28(2,3)31-23/h7-14,30-31H,15-16H2,1-6H3. The molecule has 0 bridgehead atoms. The molecule has 0 atom stereocenters. The quantitative estimate of drug-likeness (QED) is 0.400. The Morgan fingerprint density at radius 3 is 2.53 bits per heavy atom. The maximum absolute atomic E-state index is 14.0. The highest BCUT2D eigenvalue weighted by atomic mass is 19.1. The molecule has 1 heterocycles. The van der Waals surface area contributed by atoms with Crippen LogP contribution < -0.4 is 25.0 Å². The molecule has 2 N–H and O–H groups in total. The first-order chi connectivity index (χ1) is 17.2. The third-order valence-corrected chi connectivity index (χ3v) is 6.37. The smallest absolute Gasteiger partial charge is 0.251 e. The molecule has 3 aromatic carbocycles. The zero-order valence-electron chi connectivity index (χ0n) is 21.5. The number of nitrogens with zero attached hydrogens (tertiary/aromatic N) is 1. The fourth-order valence-corrected chi connectivity index (χ4v) is 4.54. The van der Waals surface area contributed by atoms with Gasteiger partial charge in [-0.3, -0.25) is 4.79 Å².